The van der Waals surface area contributed by atoms with Crippen LogP contribution in [0.1, 0.15) is 6.42 Å². The monoisotopic (exact) mass is 305 g/mol. The molecular formula is C13H11N3O4S. The van der Waals surface area contributed by atoms with Crippen LogP contribution in [0, 0.1) is 0 Å². The minimum absolute atomic E-state index is 0.0487. The molecule has 0 unspecified atom stereocenters. The molecule has 0 fully saturated rings. The van der Waals surface area contributed by atoms with E-state index in [0.29, 0.717) is 21.5 Å². The van der Waals surface area contributed by atoms with E-state index in [1.165, 1.54) is 17.6 Å². The number of amides is 1. The Morgan fingerprint density at radius 3 is 2.90 bits per heavy atom. The smallest absolute Gasteiger partial charge is 0.329 e. The lowest BCUT2D eigenvalue weighted by atomic mass is 10.2. The Balaban J connectivity index is 2.22. The zero-order valence-corrected chi connectivity index (χ0v) is 11.6. The van der Waals surface area contributed by atoms with Crippen LogP contribution in [0.2, 0.25) is 0 Å². The van der Waals surface area contributed by atoms with Crippen molar-refractivity contribution < 1.29 is 9.21 Å². The first-order valence-corrected chi connectivity index (χ1v) is 7.02. The van der Waals surface area contributed by atoms with Crippen LogP contribution < -0.4 is 17.0 Å². The zero-order chi connectivity index (χ0) is 15.0. The number of H-pyrrole nitrogens is 1. The van der Waals surface area contributed by atoms with Gasteiger partial charge in [-0.05, 0) is 12.1 Å². The molecule has 0 saturated heterocycles. The number of rotatable bonds is 4. The highest BCUT2D eigenvalue weighted by molar-refractivity contribution is 7.17. The lowest BCUT2D eigenvalue weighted by molar-refractivity contribution is -0.118. The van der Waals surface area contributed by atoms with Gasteiger partial charge in [0, 0.05) is 23.9 Å². The number of aromatic amines is 1. The van der Waals surface area contributed by atoms with Gasteiger partial charge >= 0.3 is 5.69 Å². The van der Waals surface area contributed by atoms with E-state index in [-0.39, 0.29) is 13.0 Å². The molecule has 3 heterocycles. The fourth-order valence-corrected chi connectivity index (χ4v) is 3.02. The fourth-order valence-electron chi connectivity index (χ4n) is 2.09. The molecule has 0 radical (unpaired) electrons. The largest absolute Gasteiger partial charge is 0.464 e. The summed E-state index contributed by atoms with van der Waals surface area (Å²) in [7, 11) is 0. The summed E-state index contributed by atoms with van der Waals surface area (Å²) < 4.78 is 6.28. The predicted octanol–water partition coefficient (Wildman–Crippen LogP) is 0.887. The summed E-state index contributed by atoms with van der Waals surface area (Å²) >= 11 is 1.25. The van der Waals surface area contributed by atoms with Crippen LogP contribution in [0.5, 0.6) is 0 Å². The average molecular weight is 305 g/mol. The van der Waals surface area contributed by atoms with Gasteiger partial charge in [0.15, 0.2) is 0 Å². The van der Waals surface area contributed by atoms with Crippen LogP contribution in [0.4, 0.5) is 0 Å². The third-order valence-corrected chi connectivity index (χ3v) is 3.98. The first-order valence-electron chi connectivity index (χ1n) is 6.14. The normalized spacial score (nSPS) is 11.0. The van der Waals surface area contributed by atoms with Gasteiger partial charge in [0.2, 0.25) is 5.91 Å². The van der Waals surface area contributed by atoms with Crippen molar-refractivity contribution in [2.75, 3.05) is 0 Å². The number of thiophene rings is 1. The first-order chi connectivity index (χ1) is 10.1. The van der Waals surface area contributed by atoms with Gasteiger partial charge < -0.3 is 10.2 Å². The molecule has 0 aliphatic carbocycles. The SMILES string of the molecule is NC(=O)CCn1c(=O)[nH]c2scc(-c3ccco3)c2c1=O. The second kappa shape index (κ2) is 5.06. The Kier molecular flexibility index (Phi) is 3.22. The second-order valence-electron chi connectivity index (χ2n) is 4.43. The lowest BCUT2D eigenvalue weighted by Gasteiger charge is -2.03. The van der Waals surface area contributed by atoms with Gasteiger partial charge in [-0.25, -0.2) is 4.79 Å². The van der Waals surface area contributed by atoms with Crippen LogP contribution in [0.3, 0.4) is 0 Å². The van der Waals surface area contributed by atoms with Crippen LogP contribution in [0.15, 0.2) is 37.8 Å². The number of nitrogens with two attached hydrogens (primary N) is 1. The number of furan rings is 1. The molecule has 0 aliphatic rings. The highest BCUT2D eigenvalue weighted by Gasteiger charge is 2.16. The van der Waals surface area contributed by atoms with Gasteiger partial charge in [0.05, 0.1) is 11.6 Å². The fraction of sp³-hybridized carbons (Fsp3) is 0.154. The summed E-state index contributed by atoms with van der Waals surface area (Å²) in [6, 6.07) is 3.45. The third-order valence-electron chi connectivity index (χ3n) is 3.08. The number of primary amides is 1. The van der Waals surface area contributed by atoms with E-state index in [2.05, 4.69) is 4.98 Å². The Labute approximate surface area is 121 Å². The van der Waals surface area contributed by atoms with Crippen LogP contribution >= 0.6 is 11.3 Å². The lowest BCUT2D eigenvalue weighted by Crippen LogP contribution is -2.35. The molecule has 0 saturated carbocycles. The van der Waals surface area contributed by atoms with E-state index in [1.54, 1.807) is 17.5 Å². The average Bonchev–Trinajstić information content (AvgIpc) is 3.05. The van der Waals surface area contributed by atoms with E-state index < -0.39 is 17.2 Å². The number of aromatic nitrogens is 2. The molecule has 3 N–H and O–H groups in total. The standard InChI is InChI=1S/C13H11N3O4S/c14-9(17)3-4-16-12(18)10-7(8-2-1-5-20-8)6-21-11(10)15-13(16)19/h1-2,5-6H,3-4H2,(H2,14,17)(H,15,19). The molecule has 8 heteroatoms. The quantitative estimate of drug-likeness (QED) is 0.745. The maximum absolute atomic E-state index is 12.5. The Morgan fingerprint density at radius 1 is 1.43 bits per heavy atom. The topological polar surface area (TPSA) is 111 Å². The van der Waals surface area contributed by atoms with Crippen LogP contribution in [-0.4, -0.2) is 15.5 Å². The van der Waals surface area contributed by atoms with Crippen molar-refractivity contribution >= 4 is 27.5 Å². The van der Waals surface area contributed by atoms with E-state index in [0.717, 1.165) is 4.57 Å². The molecule has 0 aliphatic heterocycles. The molecule has 1 amide bonds. The van der Waals surface area contributed by atoms with Crippen molar-refractivity contribution in [3.05, 3.63) is 44.6 Å². The van der Waals surface area contributed by atoms with Gasteiger partial charge in [0.1, 0.15) is 10.6 Å². The summed E-state index contributed by atoms with van der Waals surface area (Å²) in [5.41, 5.74) is 4.67. The van der Waals surface area contributed by atoms with Crippen molar-refractivity contribution in [2.45, 2.75) is 13.0 Å². The van der Waals surface area contributed by atoms with Gasteiger partial charge in [0.25, 0.3) is 5.56 Å². The summed E-state index contributed by atoms with van der Waals surface area (Å²) in [6.07, 6.45) is 1.44. The van der Waals surface area contributed by atoms with Gasteiger partial charge in [-0.15, -0.1) is 11.3 Å². The Hall–Kier alpha value is -2.61. The molecule has 0 spiro atoms. The maximum Gasteiger partial charge on any atom is 0.329 e. The zero-order valence-electron chi connectivity index (χ0n) is 10.8. The minimum atomic E-state index is -0.571. The van der Waals surface area contributed by atoms with Crippen molar-refractivity contribution in [2.24, 2.45) is 5.73 Å². The van der Waals surface area contributed by atoms with E-state index in [9.17, 15) is 14.4 Å². The number of nitrogens with zero attached hydrogens (tertiary/aromatic N) is 1. The van der Waals surface area contributed by atoms with Gasteiger partial charge in [-0.3, -0.25) is 19.1 Å². The van der Waals surface area contributed by atoms with Crippen molar-refractivity contribution in [1.82, 2.24) is 9.55 Å². The number of nitrogens with one attached hydrogen (secondary N) is 1. The molecule has 3 rings (SSSR count). The summed E-state index contributed by atoms with van der Waals surface area (Å²) in [5, 5.41) is 2.12. The number of hydrogen-bond donors (Lipinski definition) is 2. The maximum atomic E-state index is 12.5. The molecule has 7 nitrogen and oxygen atoms in total. The highest BCUT2D eigenvalue weighted by atomic mass is 32.1. The summed E-state index contributed by atoms with van der Waals surface area (Å²) in [4.78, 5) is 38.4. The van der Waals surface area contributed by atoms with E-state index in [4.69, 9.17) is 10.2 Å². The Morgan fingerprint density at radius 2 is 2.24 bits per heavy atom. The molecular weight excluding hydrogens is 294 g/mol. The summed E-state index contributed by atoms with van der Waals surface area (Å²) in [5.74, 6) is -0.0233. The van der Waals surface area contributed by atoms with E-state index in [1.807, 2.05) is 0 Å². The molecule has 0 bridgehead atoms. The molecule has 108 valence electrons. The number of carbonyl (C=O) groups excluding carboxylic acids is 1. The third kappa shape index (κ3) is 2.29. The highest BCUT2D eigenvalue weighted by Crippen LogP contribution is 2.30. The molecule has 3 aromatic heterocycles. The number of hydrogen-bond acceptors (Lipinski definition) is 5. The van der Waals surface area contributed by atoms with Crippen molar-refractivity contribution in [1.29, 1.82) is 0 Å². The summed E-state index contributed by atoms with van der Waals surface area (Å²) in [6.45, 7) is -0.0487. The van der Waals surface area contributed by atoms with Gasteiger partial charge in [-0.2, -0.15) is 0 Å². The van der Waals surface area contributed by atoms with Crippen molar-refractivity contribution in [3.8, 4) is 11.3 Å². The number of fused-ring (bicyclic) bond motifs is 1. The predicted molar refractivity (Wildman–Crippen MR) is 78.2 cm³/mol. The molecule has 3 aromatic rings. The second-order valence-corrected chi connectivity index (χ2v) is 5.31. The molecule has 21 heavy (non-hydrogen) atoms. The first kappa shape index (κ1) is 13.4. The van der Waals surface area contributed by atoms with Crippen LogP contribution in [0.25, 0.3) is 21.5 Å². The van der Waals surface area contributed by atoms with Crippen molar-refractivity contribution in [3.63, 3.8) is 0 Å². The van der Waals surface area contributed by atoms with E-state index >= 15 is 0 Å². The molecule has 0 aromatic carbocycles. The Bertz CT molecular complexity index is 917. The molecule has 0 atom stereocenters. The van der Waals surface area contributed by atoms with Gasteiger partial charge in [-0.1, -0.05) is 0 Å². The minimum Gasteiger partial charge on any atom is -0.464 e. The van der Waals surface area contributed by atoms with Crippen LogP contribution in [-0.2, 0) is 11.3 Å². The number of carbonyl (C=O) groups is 1.